The lowest BCUT2D eigenvalue weighted by atomic mass is 10.1. The van der Waals surface area contributed by atoms with Gasteiger partial charge in [0.05, 0.1) is 38.6 Å². The van der Waals surface area contributed by atoms with Crippen LogP contribution in [0, 0.1) is 0 Å². The number of ether oxygens (including phenoxy) is 2. The van der Waals surface area contributed by atoms with Crippen molar-refractivity contribution >= 4 is 11.9 Å². The van der Waals surface area contributed by atoms with Gasteiger partial charge in [0.1, 0.15) is 0 Å². The highest BCUT2D eigenvalue weighted by Crippen LogP contribution is 2.13. The molecule has 0 atom stereocenters. The summed E-state index contributed by atoms with van der Waals surface area (Å²) in [6.45, 7) is 4.16. The molecule has 0 aliphatic rings. The SMILES string of the molecule is CCOC(=O)Cc1cocc1CC(=O)OCC. The fourth-order valence-corrected chi connectivity index (χ4v) is 1.40. The average Bonchev–Trinajstić information content (AvgIpc) is 2.66. The van der Waals surface area contributed by atoms with E-state index in [1.54, 1.807) is 13.8 Å². The van der Waals surface area contributed by atoms with E-state index in [-0.39, 0.29) is 24.8 Å². The van der Waals surface area contributed by atoms with Crippen LogP contribution >= 0.6 is 0 Å². The van der Waals surface area contributed by atoms with Crippen LogP contribution in [0.4, 0.5) is 0 Å². The summed E-state index contributed by atoms with van der Waals surface area (Å²) in [5.74, 6) is -0.669. The molecule has 0 aliphatic heterocycles. The molecule has 0 aromatic carbocycles. The van der Waals surface area contributed by atoms with E-state index in [4.69, 9.17) is 13.9 Å². The predicted molar refractivity (Wildman–Crippen MR) is 59.4 cm³/mol. The molecular formula is C12H16O5. The molecule has 0 radical (unpaired) electrons. The summed E-state index contributed by atoms with van der Waals surface area (Å²) in [7, 11) is 0. The number of hydrogen-bond acceptors (Lipinski definition) is 5. The van der Waals surface area contributed by atoms with Gasteiger partial charge in [-0.1, -0.05) is 0 Å². The molecule has 0 bridgehead atoms. The first-order valence-corrected chi connectivity index (χ1v) is 5.52. The minimum absolute atomic E-state index is 0.110. The van der Waals surface area contributed by atoms with Crippen LogP contribution in [0.2, 0.25) is 0 Å². The molecule has 1 heterocycles. The summed E-state index contributed by atoms with van der Waals surface area (Å²) >= 11 is 0. The van der Waals surface area contributed by atoms with Crippen LogP contribution in [-0.4, -0.2) is 25.2 Å². The van der Waals surface area contributed by atoms with Gasteiger partial charge in [-0.2, -0.15) is 0 Å². The molecule has 0 N–H and O–H groups in total. The van der Waals surface area contributed by atoms with Gasteiger partial charge in [0.25, 0.3) is 0 Å². The second kappa shape index (κ2) is 6.73. The molecule has 17 heavy (non-hydrogen) atoms. The summed E-state index contributed by atoms with van der Waals surface area (Å²) in [4.78, 5) is 22.6. The monoisotopic (exact) mass is 240 g/mol. The number of carbonyl (C=O) groups excluding carboxylic acids is 2. The number of hydrogen-bond donors (Lipinski definition) is 0. The van der Waals surface area contributed by atoms with Gasteiger partial charge in [0.2, 0.25) is 0 Å². The fourth-order valence-electron chi connectivity index (χ4n) is 1.40. The summed E-state index contributed by atoms with van der Waals surface area (Å²) in [6, 6.07) is 0. The van der Waals surface area contributed by atoms with Crippen molar-refractivity contribution in [2.45, 2.75) is 26.7 Å². The molecule has 0 fully saturated rings. The van der Waals surface area contributed by atoms with Gasteiger partial charge in [-0.3, -0.25) is 9.59 Å². The second-order valence-electron chi connectivity index (χ2n) is 3.39. The molecular weight excluding hydrogens is 224 g/mol. The average molecular weight is 240 g/mol. The molecule has 1 aromatic heterocycles. The maximum atomic E-state index is 11.3. The van der Waals surface area contributed by atoms with Crippen molar-refractivity contribution in [3.05, 3.63) is 23.7 Å². The van der Waals surface area contributed by atoms with E-state index in [0.29, 0.717) is 24.3 Å². The summed E-state index contributed by atoms with van der Waals surface area (Å²) < 4.78 is 14.6. The molecule has 0 saturated heterocycles. The van der Waals surface area contributed by atoms with Gasteiger partial charge in [0, 0.05) is 11.1 Å². The summed E-state index contributed by atoms with van der Waals surface area (Å²) in [6.07, 6.45) is 3.12. The van der Waals surface area contributed by atoms with Crippen LogP contribution in [0.5, 0.6) is 0 Å². The van der Waals surface area contributed by atoms with Gasteiger partial charge in [-0.15, -0.1) is 0 Å². The van der Waals surface area contributed by atoms with Crippen LogP contribution in [-0.2, 0) is 31.9 Å². The van der Waals surface area contributed by atoms with Crippen LogP contribution in [0.15, 0.2) is 16.9 Å². The minimum atomic E-state index is -0.334. The second-order valence-corrected chi connectivity index (χ2v) is 3.39. The van der Waals surface area contributed by atoms with Crippen molar-refractivity contribution in [1.29, 1.82) is 0 Å². The van der Waals surface area contributed by atoms with Gasteiger partial charge < -0.3 is 13.9 Å². The molecule has 0 aliphatic carbocycles. The predicted octanol–water partition coefficient (Wildman–Crippen LogP) is 1.49. The third kappa shape index (κ3) is 4.30. The Kier molecular flexibility index (Phi) is 5.26. The Hall–Kier alpha value is -1.78. The molecule has 0 spiro atoms. The van der Waals surface area contributed by atoms with Gasteiger partial charge >= 0.3 is 11.9 Å². The Morgan fingerprint density at radius 2 is 1.41 bits per heavy atom. The molecule has 5 nitrogen and oxygen atoms in total. The first-order chi connectivity index (χ1) is 8.17. The van der Waals surface area contributed by atoms with E-state index in [1.807, 2.05) is 0 Å². The lowest BCUT2D eigenvalue weighted by molar-refractivity contribution is -0.143. The minimum Gasteiger partial charge on any atom is -0.472 e. The zero-order chi connectivity index (χ0) is 12.7. The Morgan fingerprint density at radius 3 is 1.76 bits per heavy atom. The fraction of sp³-hybridized carbons (Fsp3) is 0.500. The van der Waals surface area contributed by atoms with E-state index in [0.717, 1.165) is 0 Å². The smallest absolute Gasteiger partial charge is 0.310 e. The quantitative estimate of drug-likeness (QED) is 0.705. The third-order valence-electron chi connectivity index (χ3n) is 2.11. The standard InChI is InChI=1S/C12H16O5/c1-3-16-11(13)5-9-7-15-8-10(9)6-12(14)17-4-2/h7-8H,3-6H2,1-2H3. The maximum Gasteiger partial charge on any atom is 0.310 e. The van der Waals surface area contributed by atoms with E-state index < -0.39 is 0 Å². The number of rotatable bonds is 6. The molecule has 1 aromatic rings. The Morgan fingerprint density at radius 1 is 1.00 bits per heavy atom. The van der Waals surface area contributed by atoms with E-state index in [2.05, 4.69) is 0 Å². The number of esters is 2. The Labute approximate surface area is 99.7 Å². The normalized spacial score (nSPS) is 10.0. The lowest BCUT2D eigenvalue weighted by Crippen LogP contribution is -2.11. The van der Waals surface area contributed by atoms with Crippen molar-refractivity contribution < 1.29 is 23.5 Å². The molecule has 0 unspecified atom stereocenters. The van der Waals surface area contributed by atoms with Crippen LogP contribution in [0.1, 0.15) is 25.0 Å². The lowest BCUT2D eigenvalue weighted by Gasteiger charge is -2.03. The van der Waals surface area contributed by atoms with Gasteiger partial charge in [0.15, 0.2) is 0 Å². The van der Waals surface area contributed by atoms with Gasteiger partial charge in [-0.25, -0.2) is 0 Å². The Bertz CT molecular complexity index is 346. The van der Waals surface area contributed by atoms with E-state index >= 15 is 0 Å². The van der Waals surface area contributed by atoms with E-state index in [1.165, 1.54) is 12.5 Å². The van der Waals surface area contributed by atoms with E-state index in [9.17, 15) is 9.59 Å². The topological polar surface area (TPSA) is 65.7 Å². The zero-order valence-electron chi connectivity index (χ0n) is 10.0. The summed E-state index contributed by atoms with van der Waals surface area (Å²) in [5.41, 5.74) is 1.33. The number of carbonyl (C=O) groups is 2. The first-order valence-electron chi connectivity index (χ1n) is 5.52. The maximum absolute atomic E-state index is 11.3. The Balaban J connectivity index is 2.59. The van der Waals surface area contributed by atoms with Gasteiger partial charge in [-0.05, 0) is 13.8 Å². The third-order valence-corrected chi connectivity index (χ3v) is 2.11. The number of furan rings is 1. The highest BCUT2D eigenvalue weighted by molar-refractivity contribution is 5.76. The van der Waals surface area contributed by atoms with Crippen LogP contribution in [0.3, 0.4) is 0 Å². The van der Waals surface area contributed by atoms with Crippen molar-refractivity contribution in [2.75, 3.05) is 13.2 Å². The summed E-state index contributed by atoms with van der Waals surface area (Å²) in [5, 5.41) is 0. The molecule has 1 rings (SSSR count). The molecule has 0 amide bonds. The first kappa shape index (κ1) is 13.3. The van der Waals surface area contributed by atoms with Crippen molar-refractivity contribution in [2.24, 2.45) is 0 Å². The highest BCUT2D eigenvalue weighted by atomic mass is 16.5. The van der Waals surface area contributed by atoms with Crippen molar-refractivity contribution in [3.8, 4) is 0 Å². The van der Waals surface area contributed by atoms with Crippen molar-refractivity contribution in [3.63, 3.8) is 0 Å². The van der Waals surface area contributed by atoms with Crippen molar-refractivity contribution in [1.82, 2.24) is 0 Å². The molecule has 0 saturated carbocycles. The molecule has 94 valence electrons. The molecule has 5 heteroatoms. The van der Waals surface area contributed by atoms with Crippen LogP contribution in [0.25, 0.3) is 0 Å². The largest absolute Gasteiger partial charge is 0.472 e. The van der Waals surface area contributed by atoms with Crippen LogP contribution < -0.4 is 0 Å². The highest BCUT2D eigenvalue weighted by Gasteiger charge is 2.14. The zero-order valence-corrected chi connectivity index (χ0v) is 10.0.